The molecule has 0 bridgehead atoms. The average molecular weight is 240 g/mol. The Morgan fingerprint density at radius 2 is 1.82 bits per heavy atom. The van der Waals surface area contributed by atoms with Crippen molar-refractivity contribution < 1.29 is 24.5 Å². The summed E-state index contributed by atoms with van der Waals surface area (Å²) in [6.45, 7) is 1.87. The maximum absolute atomic E-state index is 10.8. The van der Waals surface area contributed by atoms with Gasteiger partial charge in [0.25, 0.3) is 0 Å². The highest BCUT2D eigenvalue weighted by Crippen LogP contribution is 2.33. The highest BCUT2D eigenvalue weighted by molar-refractivity contribution is 5.75. The molecule has 94 valence electrons. The smallest absolute Gasteiger partial charge is 0.337 e. The van der Waals surface area contributed by atoms with Crippen LogP contribution in [0.4, 0.5) is 0 Å². The van der Waals surface area contributed by atoms with Gasteiger partial charge >= 0.3 is 5.97 Å². The molecule has 2 N–H and O–H groups in total. The third kappa shape index (κ3) is 2.68. The van der Waals surface area contributed by atoms with Crippen LogP contribution in [0, 0.1) is 0 Å². The van der Waals surface area contributed by atoms with Crippen LogP contribution in [0.5, 0.6) is 11.5 Å². The number of aryl methyl sites for hydroxylation is 1. The summed E-state index contributed by atoms with van der Waals surface area (Å²) in [6.07, 6.45) is -0.954. The fourth-order valence-electron chi connectivity index (χ4n) is 1.63. The van der Waals surface area contributed by atoms with Gasteiger partial charge in [-0.3, -0.25) is 0 Å². The Balaban J connectivity index is 3.33. The van der Waals surface area contributed by atoms with Crippen LogP contribution in [0.25, 0.3) is 0 Å². The Kier molecular flexibility index (Phi) is 4.34. The minimum absolute atomic E-state index is 0.331. The first-order chi connectivity index (χ1) is 8.04. The van der Waals surface area contributed by atoms with Gasteiger partial charge in [-0.05, 0) is 29.7 Å². The van der Waals surface area contributed by atoms with Crippen molar-refractivity contribution >= 4 is 5.97 Å². The highest BCUT2D eigenvalue weighted by Gasteiger charge is 2.21. The van der Waals surface area contributed by atoms with Crippen molar-refractivity contribution in [3.63, 3.8) is 0 Å². The zero-order valence-electron chi connectivity index (χ0n) is 10.1. The summed E-state index contributed by atoms with van der Waals surface area (Å²) in [6, 6.07) is 3.18. The quantitative estimate of drug-likeness (QED) is 0.813. The summed E-state index contributed by atoms with van der Waals surface area (Å²) in [5.74, 6) is -0.363. The number of ether oxygens (including phenoxy) is 2. The fourth-order valence-corrected chi connectivity index (χ4v) is 1.63. The Morgan fingerprint density at radius 1 is 1.29 bits per heavy atom. The molecule has 0 aliphatic heterocycles. The molecular weight excluding hydrogens is 224 g/mol. The largest absolute Gasteiger partial charge is 0.493 e. The maximum Gasteiger partial charge on any atom is 0.337 e. The molecule has 0 heterocycles. The minimum Gasteiger partial charge on any atom is -0.493 e. The van der Waals surface area contributed by atoms with E-state index in [4.69, 9.17) is 14.6 Å². The molecule has 0 aromatic heterocycles. The normalized spacial score (nSPS) is 12.0. The van der Waals surface area contributed by atoms with E-state index in [1.54, 1.807) is 6.07 Å². The van der Waals surface area contributed by atoms with E-state index in [0.717, 1.165) is 5.56 Å². The number of hydrogen-bond donors (Lipinski definition) is 2. The Labute approximate surface area is 99.6 Å². The molecular formula is C12H16O5. The van der Waals surface area contributed by atoms with Crippen LogP contribution < -0.4 is 9.47 Å². The summed E-state index contributed by atoms with van der Waals surface area (Å²) in [5, 5.41) is 18.4. The van der Waals surface area contributed by atoms with Gasteiger partial charge in [0, 0.05) is 0 Å². The number of rotatable bonds is 5. The number of benzene rings is 1. The molecule has 1 rings (SSSR count). The number of aliphatic carboxylic acids is 1. The van der Waals surface area contributed by atoms with Gasteiger partial charge < -0.3 is 19.7 Å². The molecule has 5 heteroatoms. The van der Waals surface area contributed by atoms with E-state index in [2.05, 4.69) is 0 Å². The van der Waals surface area contributed by atoms with Crippen molar-refractivity contribution in [1.29, 1.82) is 0 Å². The molecule has 1 aromatic rings. The zero-order valence-corrected chi connectivity index (χ0v) is 10.1. The van der Waals surface area contributed by atoms with Crippen molar-refractivity contribution in [3.8, 4) is 11.5 Å². The lowest BCUT2D eigenvalue weighted by Gasteiger charge is -2.15. The second-order valence-electron chi connectivity index (χ2n) is 3.50. The van der Waals surface area contributed by atoms with Crippen molar-refractivity contribution in [1.82, 2.24) is 0 Å². The molecule has 1 atom stereocenters. The first kappa shape index (κ1) is 13.3. The molecule has 5 nitrogen and oxygen atoms in total. The molecule has 0 fully saturated rings. The summed E-state index contributed by atoms with van der Waals surface area (Å²) >= 11 is 0. The van der Waals surface area contributed by atoms with Gasteiger partial charge in [-0.1, -0.05) is 6.92 Å². The van der Waals surface area contributed by atoms with Crippen LogP contribution in [0.1, 0.15) is 24.2 Å². The SMILES string of the molecule is CCc1cc(OC)c(OC)cc1C(O)C(=O)O. The zero-order chi connectivity index (χ0) is 13.0. The molecule has 0 saturated heterocycles. The molecule has 0 aliphatic carbocycles. The van der Waals surface area contributed by atoms with Gasteiger partial charge in [-0.15, -0.1) is 0 Å². The lowest BCUT2D eigenvalue weighted by atomic mass is 9.99. The lowest BCUT2D eigenvalue weighted by molar-refractivity contribution is -0.147. The van der Waals surface area contributed by atoms with Crippen molar-refractivity contribution in [3.05, 3.63) is 23.3 Å². The van der Waals surface area contributed by atoms with E-state index in [-0.39, 0.29) is 0 Å². The van der Waals surface area contributed by atoms with E-state index in [0.29, 0.717) is 23.5 Å². The highest BCUT2D eigenvalue weighted by atomic mass is 16.5. The third-order valence-corrected chi connectivity index (χ3v) is 2.55. The first-order valence-electron chi connectivity index (χ1n) is 5.20. The van der Waals surface area contributed by atoms with Gasteiger partial charge in [-0.2, -0.15) is 0 Å². The predicted molar refractivity (Wildman–Crippen MR) is 61.5 cm³/mol. The van der Waals surface area contributed by atoms with E-state index in [1.807, 2.05) is 6.92 Å². The van der Waals surface area contributed by atoms with E-state index in [1.165, 1.54) is 20.3 Å². The number of carboxylic acids is 1. The number of aliphatic hydroxyl groups excluding tert-OH is 1. The van der Waals surface area contributed by atoms with Crippen LogP contribution in [0.3, 0.4) is 0 Å². The fraction of sp³-hybridized carbons (Fsp3) is 0.417. The van der Waals surface area contributed by atoms with Crippen molar-refractivity contribution in [2.75, 3.05) is 14.2 Å². The maximum atomic E-state index is 10.8. The second-order valence-corrected chi connectivity index (χ2v) is 3.50. The minimum atomic E-state index is -1.55. The van der Waals surface area contributed by atoms with Gasteiger partial charge in [0.15, 0.2) is 17.6 Å². The van der Waals surface area contributed by atoms with Crippen LogP contribution >= 0.6 is 0 Å². The first-order valence-corrected chi connectivity index (χ1v) is 5.20. The summed E-state index contributed by atoms with van der Waals surface area (Å²) in [5.41, 5.74) is 1.05. The van der Waals surface area contributed by atoms with Crippen LogP contribution in [-0.4, -0.2) is 30.4 Å². The Hall–Kier alpha value is -1.75. The lowest BCUT2D eigenvalue weighted by Crippen LogP contribution is -2.13. The molecule has 0 aliphatic rings. The Bertz CT molecular complexity index is 414. The molecule has 0 radical (unpaired) electrons. The number of hydrogen-bond acceptors (Lipinski definition) is 4. The summed E-state index contributed by atoms with van der Waals surface area (Å²) < 4.78 is 10.2. The number of carbonyl (C=O) groups is 1. The van der Waals surface area contributed by atoms with Crippen molar-refractivity contribution in [2.24, 2.45) is 0 Å². The standard InChI is InChI=1S/C12H16O5/c1-4-7-5-9(16-2)10(17-3)6-8(7)11(13)12(14)15/h5-6,11,13H,4H2,1-3H3,(H,14,15). The number of methoxy groups -OCH3 is 2. The van der Waals surface area contributed by atoms with Crippen LogP contribution in [0.2, 0.25) is 0 Å². The van der Waals surface area contributed by atoms with E-state index < -0.39 is 12.1 Å². The average Bonchev–Trinajstić information content (AvgIpc) is 2.35. The summed E-state index contributed by atoms with van der Waals surface area (Å²) in [7, 11) is 2.96. The number of carboxylic acid groups (broad SMARTS) is 1. The Morgan fingerprint density at radius 3 is 2.24 bits per heavy atom. The van der Waals surface area contributed by atoms with Crippen molar-refractivity contribution in [2.45, 2.75) is 19.4 Å². The molecule has 17 heavy (non-hydrogen) atoms. The number of aliphatic hydroxyl groups is 1. The van der Waals surface area contributed by atoms with Crippen LogP contribution in [0.15, 0.2) is 12.1 Å². The molecule has 0 spiro atoms. The van der Waals surface area contributed by atoms with Crippen LogP contribution in [-0.2, 0) is 11.2 Å². The topological polar surface area (TPSA) is 76.0 Å². The van der Waals surface area contributed by atoms with Gasteiger partial charge in [0.2, 0.25) is 0 Å². The third-order valence-electron chi connectivity index (χ3n) is 2.55. The van der Waals surface area contributed by atoms with E-state index >= 15 is 0 Å². The summed E-state index contributed by atoms with van der Waals surface area (Å²) in [4.78, 5) is 10.8. The van der Waals surface area contributed by atoms with Gasteiger partial charge in [0.1, 0.15) is 0 Å². The van der Waals surface area contributed by atoms with E-state index in [9.17, 15) is 9.90 Å². The predicted octanol–water partition coefficient (Wildman–Crippen LogP) is 1.38. The molecule has 0 amide bonds. The molecule has 1 unspecified atom stereocenters. The monoisotopic (exact) mass is 240 g/mol. The second kappa shape index (κ2) is 5.54. The van der Waals surface area contributed by atoms with Gasteiger partial charge in [0.05, 0.1) is 14.2 Å². The molecule has 1 aromatic carbocycles. The van der Waals surface area contributed by atoms with Gasteiger partial charge in [-0.25, -0.2) is 4.79 Å². The molecule has 0 saturated carbocycles.